The van der Waals surface area contributed by atoms with E-state index >= 15 is 0 Å². The molecule has 2 heterocycles. The fraction of sp³-hybridized carbons (Fsp3) is 0.167. The fourth-order valence-electron chi connectivity index (χ4n) is 2.59. The van der Waals surface area contributed by atoms with Gasteiger partial charge in [-0.05, 0) is 37.3 Å². The molecule has 0 unspecified atom stereocenters. The number of nitrogens with zero attached hydrogens (tertiary/aromatic N) is 1. The van der Waals surface area contributed by atoms with Gasteiger partial charge >= 0.3 is 6.18 Å². The Labute approximate surface area is 151 Å². The molecule has 27 heavy (non-hydrogen) atoms. The number of methoxy groups -OCH3 is 1. The molecule has 140 valence electrons. The molecule has 0 saturated heterocycles. The van der Waals surface area contributed by atoms with Crippen LogP contribution in [0.1, 0.15) is 21.6 Å². The average Bonchev–Trinajstić information content (AvgIpc) is 2.63. The van der Waals surface area contributed by atoms with Crippen LogP contribution < -0.4 is 15.6 Å². The van der Waals surface area contributed by atoms with Crippen molar-refractivity contribution in [2.24, 2.45) is 0 Å². The lowest BCUT2D eigenvalue weighted by Gasteiger charge is -2.13. The molecule has 0 aliphatic carbocycles. The zero-order chi connectivity index (χ0) is 19.8. The van der Waals surface area contributed by atoms with E-state index in [1.807, 2.05) is 0 Å². The van der Waals surface area contributed by atoms with Crippen LogP contribution in [0.4, 0.5) is 18.9 Å². The number of rotatable bonds is 3. The van der Waals surface area contributed by atoms with E-state index in [1.165, 1.54) is 44.5 Å². The molecule has 0 atom stereocenters. The summed E-state index contributed by atoms with van der Waals surface area (Å²) in [5, 5.41) is 2.79. The van der Waals surface area contributed by atoms with Crippen LogP contribution in [0.3, 0.4) is 0 Å². The monoisotopic (exact) mass is 377 g/mol. The Morgan fingerprint density at radius 2 is 1.93 bits per heavy atom. The number of hydrogen-bond donors (Lipinski definition) is 2. The van der Waals surface area contributed by atoms with Gasteiger partial charge in [0.15, 0.2) is 0 Å². The fourth-order valence-corrected chi connectivity index (χ4v) is 2.59. The Morgan fingerprint density at radius 1 is 1.19 bits per heavy atom. The molecule has 3 rings (SSSR count). The summed E-state index contributed by atoms with van der Waals surface area (Å²) >= 11 is 0. The first kappa shape index (κ1) is 18.4. The number of aromatic nitrogens is 2. The van der Waals surface area contributed by atoms with Crippen LogP contribution in [-0.2, 0) is 6.18 Å². The molecule has 3 aromatic rings. The van der Waals surface area contributed by atoms with Crippen LogP contribution in [0.15, 0.2) is 41.3 Å². The van der Waals surface area contributed by atoms with Crippen molar-refractivity contribution in [1.82, 2.24) is 9.97 Å². The lowest BCUT2D eigenvalue weighted by Crippen LogP contribution is -2.18. The minimum Gasteiger partial charge on any atom is -0.494 e. The minimum atomic E-state index is -4.63. The summed E-state index contributed by atoms with van der Waals surface area (Å²) in [6.45, 7) is 1.54. The second-order valence-corrected chi connectivity index (χ2v) is 5.71. The third kappa shape index (κ3) is 3.48. The highest BCUT2D eigenvalue weighted by Gasteiger charge is 2.33. The maximum absolute atomic E-state index is 13.0. The van der Waals surface area contributed by atoms with Crippen molar-refractivity contribution in [3.8, 4) is 5.75 Å². The number of alkyl halides is 3. The van der Waals surface area contributed by atoms with E-state index in [-0.39, 0.29) is 27.8 Å². The summed E-state index contributed by atoms with van der Waals surface area (Å²) in [4.78, 5) is 30.4. The third-order valence-corrected chi connectivity index (χ3v) is 4.03. The van der Waals surface area contributed by atoms with Gasteiger partial charge in [0, 0.05) is 22.7 Å². The number of fused-ring (bicyclic) bond motifs is 1. The van der Waals surface area contributed by atoms with Gasteiger partial charge in [-0.3, -0.25) is 9.59 Å². The molecule has 0 bridgehead atoms. The van der Waals surface area contributed by atoms with Crippen LogP contribution in [0.2, 0.25) is 0 Å². The highest BCUT2D eigenvalue weighted by atomic mass is 19.4. The van der Waals surface area contributed by atoms with Gasteiger partial charge in [0.05, 0.1) is 12.8 Å². The van der Waals surface area contributed by atoms with E-state index in [0.717, 1.165) is 6.07 Å². The summed E-state index contributed by atoms with van der Waals surface area (Å²) in [6.07, 6.45) is -3.24. The first-order valence-corrected chi connectivity index (χ1v) is 7.77. The number of pyridine rings is 2. The van der Waals surface area contributed by atoms with Gasteiger partial charge < -0.3 is 15.0 Å². The molecule has 0 saturated carbocycles. The van der Waals surface area contributed by atoms with Crippen molar-refractivity contribution in [2.45, 2.75) is 13.1 Å². The molecule has 9 heteroatoms. The molecular weight excluding hydrogens is 363 g/mol. The number of halogens is 3. The van der Waals surface area contributed by atoms with E-state index in [4.69, 9.17) is 4.74 Å². The number of anilines is 1. The van der Waals surface area contributed by atoms with Crippen molar-refractivity contribution >= 4 is 22.5 Å². The van der Waals surface area contributed by atoms with Crippen LogP contribution in [0, 0.1) is 6.92 Å². The summed E-state index contributed by atoms with van der Waals surface area (Å²) in [5.41, 5.74) is -0.816. The summed E-state index contributed by atoms with van der Waals surface area (Å²) in [5.74, 6) is -0.474. The molecule has 0 spiro atoms. The second-order valence-electron chi connectivity index (χ2n) is 5.71. The predicted octanol–water partition coefficient (Wildman–Crippen LogP) is 3.51. The smallest absolute Gasteiger partial charge is 0.433 e. The molecule has 1 aromatic carbocycles. The summed E-state index contributed by atoms with van der Waals surface area (Å²) in [7, 11) is 1.30. The normalized spacial score (nSPS) is 11.4. The van der Waals surface area contributed by atoms with Crippen molar-refractivity contribution in [2.75, 3.05) is 12.4 Å². The number of carbonyl (C=O) groups excluding carboxylic acids is 1. The Hall–Kier alpha value is -3.36. The van der Waals surface area contributed by atoms with Gasteiger partial charge in [-0.2, -0.15) is 13.2 Å². The number of benzene rings is 1. The van der Waals surface area contributed by atoms with Crippen LogP contribution in [0.5, 0.6) is 5.75 Å². The number of carbonyl (C=O) groups is 1. The molecule has 0 aliphatic rings. The largest absolute Gasteiger partial charge is 0.494 e. The SMILES string of the molecule is COc1ccc(C(=O)Nc2cc[nH]c(=O)c2C)c2ccc(C(F)(F)F)nc12. The molecule has 0 aliphatic heterocycles. The highest BCUT2D eigenvalue weighted by molar-refractivity contribution is 6.13. The highest BCUT2D eigenvalue weighted by Crippen LogP contribution is 2.33. The number of amides is 1. The van der Waals surface area contributed by atoms with E-state index in [2.05, 4.69) is 15.3 Å². The van der Waals surface area contributed by atoms with E-state index in [9.17, 15) is 22.8 Å². The van der Waals surface area contributed by atoms with Gasteiger partial charge in [0.1, 0.15) is 17.0 Å². The van der Waals surface area contributed by atoms with Gasteiger partial charge in [-0.1, -0.05) is 0 Å². The Balaban J connectivity index is 2.10. The lowest BCUT2D eigenvalue weighted by atomic mass is 10.1. The van der Waals surface area contributed by atoms with Crippen molar-refractivity contribution < 1.29 is 22.7 Å². The Bertz CT molecular complexity index is 1090. The van der Waals surface area contributed by atoms with Gasteiger partial charge in [-0.15, -0.1) is 0 Å². The van der Waals surface area contributed by atoms with Crippen molar-refractivity contribution in [1.29, 1.82) is 0 Å². The van der Waals surface area contributed by atoms with Gasteiger partial charge in [-0.25, -0.2) is 4.98 Å². The molecule has 2 N–H and O–H groups in total. The maximum atomic E-state index is 13.0. The Morgan fingerprint density at radius 3 is 2.59 bits per heavy atom. The molecule has 0 fully saturated rings. The van der Waals surface area contributed by atoms with Crippen molar-refractivity contribution in [3.05, 3.63) is 63.7 Å². The molecular formula is C18H14F3N3O3. The summed E-state index contributed by atoms with van der Waals surface area (Å²) < 4.78 is 44.0. The van der Waals surface area contributed by atoms with Crippen LogP contribution in [0.25, 0.3) is 10.9 Å². The zero-order valence-corrected chi connectivity index (χ0v) is 14.3. The van der Waals surface area contributed by atoms with Crippen LogP contribution in [-0.4, -0.2) is 23.0 Å². The zero-order valence-electron chi connectivity index (χ0n) is 14.3. The standard InChI is InChI=1S/C18H14F3N3O3/c1-9-12(7-8-22-16(9)25)23-17(26)11-3-5-13(27-2)15-10(11)4-6-14(24-15)18(19,20)21/h3-8H,1-2H3,(H2,22,23,25,26). The predicted molar refractivity (Wildman–Crippen MR) is 93.0 cm³/mol. The minimum absolute atomic E-state index is 0.0809. The number of hydrogen-bond acceptors (Lipinski definition) is 4. The Kier molecular flexibility index (Phi) is 4.61. The molecule has 2 aromatic heterocycles. The average molecular weight is 377 g/mol. The maximum Gasteiger partial charge on any atom is 0.433 e. The number of nitrogens with one attached hydrogen (secondary N) is 2. The second kappa shape index (κ2) is 6.75. The van der Waals surface area contributed by atoms with E-state index in [0.29, 0.717) is 11.3 Å². The molecule has 1 amide bonds. The first-order chi connectivity index (χ1) is 12.7. The third-order valence-electron chi connectivity index (χ3n) is 4.03. The van der Waals surface area contributed by atoms with E-state index in [1.54, 1.807) is 0 Å². The van der Waals surface area contributed by atoms with Gasteiger partial charge in [0.25, 0.3) is 11.5 Å². The van der Waals surface area contributed by atoms with E-state index < -0.39 is 17.8 Å². The van der Waals surface area contributed by atoms with Crippen molar-refractivity contribution in [3.63, 3.8) is 0 Å². The number of ether oxygens (including phenoxy) is 1. The molecule has 6 nitrogen and oxygen atoms in total. The quantitative estimate of drug-likeness (QED) is 0.732. The lowest BCUT2D eigenvalue weighted by molar-refractivity contribution is -0.140. The number of aromatic amines is 1. The number of H-pyrrole nitrogens is 1. The first-order valence-electron chi connectivity index (χ1n) is 7.77. The summed E-state index contributed by atoms with van der Waals surface area (Å²) in [6, 6.07) is 6.29. The van der Waals surface area contributed by atoms with Crippen LogP contribution >= 0.6 is 0 Å². The topological polar surface area (TPSA) is 84.1 Å². The van der Waals surface area contributed by atoms with Gasteiger partial charge in [0.2, 0.25) is 0 Å². The molecule has 0 radical (unpaired) electrons.